The third-order valence-electron chi connectivity index (χ3n) is 6.93. The van der Waals surface area contributed by atoms with Crippen molar-refractivity contribution < 1.29 is 18.0 Å². The Morgan fingerprint density at radius 3 is 1.63 bits per heavy atom. The van der Waals surface area contributed by atoms with E-state index in [0.29, 0.717) is 29.5 Å². The second-order valence-electron chi connectivity index (χ2n) is 8.98. The number of benzene rings is 4. The van der Waals surface area contributed by atoms with Gasteiger partial charge in [-0.05, 0) is 70.8 Å². The summed E-state index contributed by atoms with van der Waals surface area (Å²) in [6.45, 7) is 6.17. The molecular formula is C31H25F3O. The number of ketones is 1. The van der Waals surface area contributed by atoms with E-state index in [9.17, 15) is 18.0 Å². The van der Waals surface area contributed by atoms with Crippen molar-refractivity contribution in [3.63, 3.8) is 0 Å². The molecule has 0 aliphatic heterocycles. The van der Waals surface area contributed by atoms with Gasteiger partial charge in [0.05, 0.1) is 5.56 Å². The Balaban J connectivity index is 1.91. The van der Waals surface area contributed by atoms with E-state index in [4.69, 9.17) is 0 Å². The number of fused-ring (bicyclic) bond motifs is 3. The van der Waals surface area contributed by atoms with Crippen molar-refractivity contribution in [3.05, 3.63) is 106 Å². The van der Waals surface area contributed by atoms with Crippen LogP contribution in [0.3, 0.4) is 0 Å². The van der Waals surface area contributed by atoms with Gasteiger partial charge >= 0.3 is 6.18 Å². The molecule has 0 N–H and O–H groups in total. The van der Waals surface area contributed by atoms with E-state index in [1.54, 1.807) is 0 Å². The normalized spacial score (nSPS) is 12.6. The zero-order valence-corrected chi connectivity index (χ0v) is 19.9. The van der Waals surface area contributed by atoms with Gasteiger partial charge in [0.15, 0.2) is 5.78 Å². The maximum absolute atomic E-state index is 13.8. The van der Waals surface area contributed by atoms with Crippen LogP contribution in [0.2, 0.25) is 0 Å². The van der Waals surface area contributed by atoms with E-state index in [2.05, 4.69) is 26.0 Å². The van der Waals surface area contributed by atoms with E-state index in [1.807, 2.05) is 43.3 Å². The first-order chi connectivity index (χ1) is 16.8. The van der Waals surface area contributed by atoms with E-state index >= 15 is 0 Å². The highest BCUT2D eigenvalue weighted by molar-refractivity contribution is 6.27. The molecule has 0 amide bonds. The predicted molar refractivity (Wildman–Crippen MR) is 135 cm³/mol. The van der Waals surface area contributed by atoms with Crippen LogP contribution in [0, 0.1) is 6.92 Å². The molecule has 1 aliphatic rings. The molecule has 0 atom stereocenters. The molecule has 176 valence electrons. The SMILES string of the molecule is CCc1c(CC)c(-c2ccc(C(F)(F)F)cc2)c2c(c1-c1ccc(C)cc1)C(=O)c1ccccc1-2. The number of carbonyl (C=O) groups is 1. The summed E-state index contributed by atoms with van der Waals surface area (Å²) in [6, 6.07) is 21.1. The molecule has 0 heterocycles. The lowest BCUT2D eigenvalue weighted by molar-refractivity contribution is -0.137. The van der Waals surface area contributed by atoms with E-state index in [-0.39, 0.29) is 5.78 Å². The Hall–Kier alpha value is -3.66. The van der Waals surface area contributed by atoms with Crippen molar-refractivity contribution in [2.24, 2.45) is 0 Å². The highest BCUT2D eigenvalue weighted by Gasteiger charge is 2.36. The molecule has 0 spiro atoms. The van der Waals surface area contributed by atoms with Gasteiger partial charge in [-0.15, -0.1) is 0 Å². The number of rotatable bonds is 4. The van der Waals surface area contributed by atoms with Crippen LogP contribution in [0.4, 0.5) is 13.2 Å². The van der Waals surface area contributed by atoms with Gasteiger partial charge in [0, 0.05) is 16.7 Å². The predicted octanol–water partition coefficient (Wildman–Crippen LogP) is 8.68. The van der Waals surface area contributed by atoms with Gasteiger partial charge in [0.2, 0.25) is 0 Å². The van der Waals surface area contributed by atoms with Gasteiger partial charge in [0.1, 0.15) is 0 Å². The van der Waals surface area contributed by atoms with Gasteiger partial charge in [-0.3, -0.25) is 4.79 Å². The van der Waals surface area contributed by atoms with Crippen LogP contribution in [0.15, 0.2) is 72.8 Å². The lowest BCUT2D eigenvalue weighted by Gasteiger charge is -2.23. The lowest BCUT2D eigenvalue weighted by atomic mass is 9.79. The molecule has 5 rings (SSSR count). The number of carbonyl (C=O) groups excluding carboxylic acids is 1. The summed E-state index contributed by atoms with van der Waals surface area (Å²) in [5.74, 6) is -0.0308. The smallest absolute Gasteiger partial charge is 0.289 e. The Morgan fingerprint density at radius 2 is 1.11 bits per heavy atom. The fraction of sp³-hybridized carbons (Fsp3) is 0.194. The van der Waals surface area contributed by atoms with Crippen LogP contribution >= 0.6 is 0 Å². The average molecular weight is 471 g/mol. The minimum atomic E-state index is -4.40. The van der Waals surface area contributed by atoms with Crippen molar-refractivity contribution in [2.45, 2.75) is 39.8 Å². The van der Waals surface area contributed by atoms with Gasteiger partial charge < -0.3 is 0 Å². The molecular weight excluding hydrogens is 445 g/mol. The fourth-order valence-corrected chi connectivity index (χ4v) is 5.35. The van der Waals surface area contributed by atoms with Crippen molar-refractivity contribution >= 4 is 5.78 Å². The molecule has 0 unspecified atom stereocenters. The van der Waals surface area contributed by atoms with Crippen LogP contribution < -0.4 is 0 Å². The number of hydrogen-bond donors (Lipinski definition) is 0. The van der Waals surface area contributed by atoms with E-state index < -0.39 is 11.7 Å². The summed E-state index contributed by atoms with van der Waals surface area (Å²) >= 11 is 0. The molecule has 0 fully saturated rings. The summed E-state index contributed by atoms with van der Waals surface area (Å²) in [6.07, 6.45) is -3.00. The number of halogens is 3. The molecule has 1 aliphatic carbocycles. The number of alkyl halides is 3. The highest BCUT2D eigenvalue weighted by atomic mass is 19.4. The van der Waals surface area contributed by atoms with Crippen LogP contribution in [0.25, 0.3) is 33.4 Å². The van der Waals surface area contributed by atoms with Crippen molar-refractivity contribution in [1.29, 1.82) is 0 Å². The molecule has 4 aromatic rings. The van der Waals surface area contributed by atoms with Crippen molar-refractivity contribution in [1.82, 2.24) is 0 Å². The third kappa shape index (κ3) is 3.68. The second kappa shape index (κ2) is 8.53. The van der Waals surface area contributed by atoms with Gasteiger partial charge in [-0.1, -0.05) is 80.1 Å². The molecule has 0 radical (unpaired) electrons. The molecule has 4 aromatic carbocycles. The van der Waals surface area contributed by atoms with Gasteiger partial charge in [-0.25, -0.2) is 0 Å². The molecule has 35 heavy (non-hydrogen) atoms. The maximum Gasteiger partial charge on any atom is 0.416 e. The second-order valence-corrected chi connectivity index (χ2v) is 8.98. The Kier molecular flexibility index (Phi) is 5.63. The first-order valence-corrected chi connectivity index (χ1v) is 11.9. The molecule has 0 saturated carbocycles. The molecule has 0 bridgehead atoms. The minimum absolute atomic E-state index is 0.0308. The van der Waals surface area contributed by atoms with Crippen LogP contribution in [-0.4, -0.2) is 5.78 Å². The topological polar surface area (TPSA) is 17.1 Å². The standard InChI is InChI=1S/C31H25F3O/c1-4-22-23(5-2)27(19-12-10-18(3)11-13-19)29-28(24-8-6-7-9-25(24)30(29)35)26(22)20-14-16-21(17-15-20)31(32,33)34/h6-17H,4-5H2,1-3H3. The van der Waals surface area contributed by atoms with E-state index in [0.717, 1.165) is 56.6 Å². The first kappa shape index (κ1) is 23.1. The summed E-state index contributed by atoms with van der Waals surface area (Å²) in [7, 11) is 0. The van der Waals surface area contributed by atoms with Crippen LogP contribution in [-0.2, 0) is 19.0 Å². The largest absolute Gasteiger partial charge is 0.416 e. The Morgan fingerprint density at radius 1 is 0.629 bits per heavy atom. The number of aryl methyl sites for hydroxylation is 1. The lowest BCUT2D eigenvalue weighted by Crippen LogP contribution is -2.08. The summed E-state index contributed by atoms with van der Waals surface area (Å²) in [4.78, 5) is 13.8. The third-order valence-corrected chi connectivity index (χ3v) is 6.93. The zero-order chi connectivity index (χ0) is 24.9. The maximum atomic E-state index is 13.8. The van der Waals surface area contributed by atoms with Gasteiger partial charge in [-0.2, -0.15) is 13.2 Å². The number of hydrogen-bond acceptors (Lipinski definition) is 1. The van der Waals surface area contributed by atoms with Gasteiger partial charge in [0.25, 0.3) is 0 Å². The Labute approximate surface area is 203 Å². The van der Waals surface area contributed by atoms with Crippen LogP contribution in [0.5, 0.6) is 0 Å². The van der Waals surface area contributed by atoms with Crippen molar-refractivity contribution in [2.75, 3.05) is 0 Å². The molecule has 0 aromatic heterocycles. The zero-order valence-electron chi connectivity index (χ0n) is 19.9. The minimum Gasteiger partial charge on any atom is -0.289 e. The summed E-state index contributed by atoms with van der Waals surface area (Å²) in [5, 5.41) is 0. The molecule has 0 saturated heterocycles. The summed E-state index contributed by atoms with van der Waals surface area (Å²) < 4.78 is 39.8. The quantitative estimate of drug-likeness (QED) is 0.257. The highest BCUT2D eigenvalue weighted by Crippen LogP contribution is 2.51. The summed E-state index contributed by atoms with van der Waals surface area (Å²) in [5.41, 5.74) is 9.05. The van der Waals surface area contributed by atoms with Crippen LogP contribution in [0.1, 0.15) is 52.0 Å². The monoisotopic (exact) mass is 470 g/mol. The first-order valence-electron chi connectivity index (χ1n) is 11.9. The fourth-order valence-electron chi connectivity index (χ4n) is 5.35. The molecule has 4 heteroatoms. The average Bonchev–Trinajstić information content (AvgIpc) is 3.15. The molecule has 1 nitrogen and oxygen atoms in total. The van der Waals surface area contributed by atoms with Crippen molar-refractivity contribution in [3.8, 4) is 33.4 Å². The Bertz CT molecular complexity index is 1440. The van der Waals surface area contributed by atoms with E-state index in [1.165, 1.54) is 12.1 Å².